The summed E-state index contributed by atoms with van der Waals surface area (Å²) in [6.07, 6.45) is 0.700. The summed E-state index contributed by atoms with van der Waals surface area (Å²) in [6, 6.07) is 13.2. The molecule has 2 aromatic carbocycles. The monoisotopic (exact) mass is 434 g/mol. The molecule has 0 bridgehead atoms. The van der Waals surface area contributed by atoms with Crippen LogP contribution in [0.5, 0.6) is 0 Å². The molecule has 0 aliphatic heterocycles. The maximum absolute atomic E-state index is 14.4. The van der Waals surface area contributed by atoms with Gasteiger partial charge in [-0.15, -0.1) is 11.3 Å². The fourth-order valence-corrected chi connectivity index (χ4v) is 4.00. The second kappa shape index (κ2) is 8.69. The van der Waals surface area contributed by atoms with E-state index in [1.54, 1.807) is 53.9 Å². The van der Waals surface area contributed by atoms with Crippen LogP contribution in [-0.4, -0.2) is 16.9 Å². The predicted octanol–water partition coefficient (Wildman–Crippen LogP) is 6.54. The second-order valence-corrected chi connectivity index (χ2v) is 7.68. The number of hydrogen-bond donors (Lipinski definition) is 1. The van der Waals surface area contributed by atoms with Gasteiger partial charge in [0.1, 0.15) is 0 Å². The molecule has 3 rings (SSSR count). The Hall–Kier alpha value is -2.47. The molecule has 142 valence electrons. The average Bonchev–Trinajstić information content (AvgIpc) is 3.08. The number of Topliss-reactive ketones (excluding diaryl/α,β-unsaturated/α-hetero) is 1. The summed E-state index contributed by atoms with van der Waals surface area (Å²) in [5.41, 5.74) is 1.49. The van der Waals surface area contributed by atoms with Crippen LogP contribution in [0.2, 0.25) is 10.0 Å². The van der Waals surface area contributed by atoms with Gasteiger partial charge in [-0.2, -0.15) is 0 Å². The molecule has 0 saturated heterocycles. The summed E-state index contributed by atoms with van der Waals surface area (Å²) in [7, 11) is 0. The molecule has 0 amide bonds. The van der Waals surface area contributed by atoms with E-state index in [-0.39, 0.29) is 16.9 Å². The molecule has 0 atom stereocenters. The molecule has 7 heteroatoms. The summed E-state index contributed by atoms with van der Waals surface area (Å²) in [5.74, 6) is -2.97. The number of carbonyl (C=O) groups is 2. The number of halogens is 3. The quantitative estimate of drug-likeness (QED) is 0.447. The summed E-state index contributed by atoms with van der Waals surface area (Å²) in [4.78, 5) is 24.4. The van der Waals surface area contributed by atoms with Crippen LogP contribution in [0.15, 0.2) is 59.7 Å². The molecule has 3 aromatic rings. The van der Waals surface area contributed by atoms with E-state index in [2.05, 4.69) is 0 Å². The minimum absolute atomic E-state index is 0.00813. The molecule has 0 radical (unpaired) electrons. The van der Waals surface area contributed by atoms with Crippen molar-refractivity contribution in [2.75, 3.05) is 0 Å². The number of rotatable bonds is 6. The summed E-state index contributed by atoms with van der Waals surface area (Å²) in [5, 5.41) is 12.1. The first kappa shape index (κ1) is 20.3. The van der Waals surface area contributed by atoms with Crippen molar-refractivity contribution in [3.05, 3.63) is 85.8 Å². The van der Waals surface area contributed by atoms with Crippen LogP contribution < -0.4 is 0 Å². The highest BCUT2D eigenvalue weighted by Crippen LogP contribution is 2.33. The first-order valence-electron chi connectivity index (χ1n) is 8.11. The fourth-order valence-electron chi connectivity index (χ4n) is 2.64. The highest BCUT2D eigenvalue weighted by atomic mass is 35.5. The molecule has 1 heterocycles. The molecular weight excluding hydrogens is 422 g/mol. The van der Waals surface area contributed by atoms with Crippen molar-refractivity contribution in [1.82, 2.24) is 0 Å². The zero-order valence-electron chi connectivity index (χ0n) is 14.3. The Labute approximate surface area is 174 Å². The second-order valence-electron chi connectivity index (χ2n) is 5.87. The van der Waals surface area contributed by atoms with E-state index < -0.39 is 17.6 Å². The van der Waals surface area contributed by atoms with Gasteiger partial charge in [0.25, 0.3) is 0 Å². The fraction of sp³-hybridized carbons (Fsp3) is 0.0476. The number of benzene rings is 2. The molecule has 0 saturated carbocycles. The van der Waals surface area contributed by atoms with Crippen molar-refractivity contribution in [2.45, 2.75) is 6.42 Å². The lowest BCUT2D eigenvalue weighted by molar-refractivity contribution is -0.116. The lowest BCUT2D eigenvalue weighted by Gasteiger charge is -2.04. The normalized spacial score (nSPS) is 11.5. The third-order valence-electron chi connectivity index (χ3n) is 4.01. The molecule has 0 spiro atoms. The van der Waals surface area contributed by atoms with Gasteiger partial charge in [-0.25, -0.2) is 9.18 Å². The highest BCUT2D eigenvalue weighted by molar-refractivity contribution is 7.11. The summed E-state index contributed by atoms with van der Waals surface area (Å²) < 4.78 is 14.4. The van der Waals surface area contributed by atoms with Crippen molar-refractivity contribution in [3.8, 4) is 11.1 Å². The van der Waals surface area contributed by atoms with Crippen LogP contribution in [0.25, 0.3) is 17.2 Å². The average molecular weight is 435 g/mol. The minimum Gasteiger partial charge on any atom is -0.478 e. The first-order valence-corrected chi connectivity index (χ1v) is 9.75. The number of thiophene rings is 1. The summed E-state index contributed by atoms with van der Waals surface area (Å²) >= 11 is 13.0. The van der Waals surface area contributed by atoms with Crippen LogP contribution in [0, 0.1) is 0 Å². The molecule has 1 aromatic heterocycles. The van der Waals surface area contributed by atoms with Gasteiger partial charge in [0.2, 0.25) is 0 Å². The Kier molecular flexibility index (Phi) is 6.29. The first-order chi connectivity index (χ1) is 13.4. The van der Waals surface area contributed by atoms with E-state index in [9.17, 15) is 19.1 Å². The van der Waals surface area contributed by atoms with Gasteiger partial charge in [-0.1, -0.05) is 53.5 Å². The van der Waals surface area contributed by atoms with Gasteiger partial charge in [-0.3, -0.25) is 4.79 Å². The molecule has 28 heavy (non-hydrogen) atoms. The Balaban J connectivity index is 1.90. The topological polar surface area (TPSA) is 54.4 Å². The lowest BCUT2D eigenvalue weighted by Crippen LogP contribution is -2.07. The Bertz CT molecular complexity index is 1070. The van der Waals surface area contributed by atoms with Gasteiger partial charge in [0, 0.05) is 26.9 Å². The highest BCUT2D eigenvalue weighted by Gasteiger charge is 2.22. The van der Waals surface area contributed by atoms with Crippen molar-refractivity contribution >= 4 is 52.4 Å². The van der Waals surface area contributed by atoms with E-state index in [0.29, 0.717) is 26.7 Å². The Morgan fingerprint density at radius 2 is 1.75 bits per heavy atom. The van der Waals surface area contributed by atoms with E-state index in [1.165, 1.54) is 0 Å². The van der Waals surface area contributed by atoms with E-state index in [1.807, 2.05) is 0 Å². The number of ketones is 1. The third kappa shape index (κ3) is 4.50. The zero-order chi connectivity index (χ0) is 20.3. The molecule has 3 nitrogen and oxygen atoms in total. The van der Waals surface area contributed by atoms with E-state index in [4.69, 9.17) is 23.2 Å². The van der Waals surface area contributed by atoms with Crippen LogP contribution in [0.4, 0.5) is 4.39 Å². The van der Waals surface area contributed by atoms with Gasteiger partial charge in [0.05, 0.1) is 5.56 Å². The lowest BCUT2D eigenvalue weighted by atomic mass is 10.0. The smallest absolute Gasteiger partial charge is 0.337 e. The number of aromatic carboxylic acids is 1. The van der Waals surface area contributed by atoms with E-state index >= 15 is 0 Å². The van der Waals surface area contributed by atoms with Gasteiger partial charge < -0.3 is 5.11 Å². The summed E-state index contributed by atoms with van der Waals surface area (Å²) in [6.45, 7) is 0. The SMILES string of the molecule is O=C(Cc1scc(-c2ccc(Cl)cc2)c1C(=O)O)/C(F)=C/c1ccccc1Cl. The number of carboxylic acid groups (broad SMARTS) is 1. The Morgan fingerprint density at radius 3 is 2.39 bits per heavy atom. The maximum Gasteiger partial charge on any atom is 0.337 e. The van der Waals surface area contributed by atoms with Crippen LogP contribution in [0.3, 0.4) is 0 Å². The zero-order valence-corrected chi connectivity index (χ0v) is 16.6. The standard InChI is InChI=1S/C21H13Cl2FO3S/c22-14-7-5-12(6-8-14)15-11-28-19(20(15)21(26)27)10-18(25)17(24)9-13-3-1-2-4-16(13)23/h1-9,11H,10H2,(H,26,27)/b17-9-. The van der Waals surface area contributed by atoms with Gasteiger partial charge in [0.15, 0.2) is 11.6 Å². The van der Waals surface area contributed by atoms with Crippen molar-refractivity contribution in [1.29, 1.82) is 0 Å². The number of hydrogen-bond acceptors (Lipinski definition) is 3. The largest absolute Gasteiger partial charge is 0.478 e. The van der Waals surface area contributed by atoms with Gasteiger partial charge >= 0.3 is 5.97 Å². The molecule has 0 unspecified atom stereocenters. The van der Waals surface area contributed by atoms with Crippen molar-refractivity contribution < 1.29 is 19.1 Å². The van der Waals surface area contributed by atoms with Crippen molar-refractivity contribution in [2.24, 2.45) is 0 Å². The molecule has 0 aliphatic carbocycles. The molecule has 1 N–H and O–H groups in total. The van der Waals surface area contributed by atoms with Crippen LogP contribution in [-0.2, 0) is 11.2 Å². The number of carboxylic acids is 1. The molecular formula is C21H13Cl2FO3S. The Morgan fingerprint density at radius 1 is 1.07 bits per heavy atom. The van der Waals surface area contributed by atoms with Crippen LogP contribution >= 0.6 is 34.5 Å². The number of carbonyl (C=O) groups excluding carboxylic acids is 1. The molecule has 0 fully saturated rings. The minimum atomic E-state index is -1.18. The van der Waals surface area contributed by atoms with E-state index in [0.717, 1.165) is 17.4 Å². The predicted molar refractivity (Wildman–Crippen MR) is 111 cm³/mol. The number of allylic oxidation sites excluding steroid dienone is 1. The van der Waals surface area contributed by atoms with Crippen molar-refractivity contribution in [3.63, 3.8) is 0 Å². The molecule has 0 aliphatic rings. The van der Waals surface area contributed by atoms with Crippen LogP contribution in [0.1, 0.15) is 20.8 Å². The maximum atomic E-state index is 14.4. The third-order valence-corrected chi connectivity index (χ3v) is 5.59. The van der Waals surface area contributed by atoms with Gasteiger partial charge in [-0.05, 0) is 40.8 Å².